The van der Waals surface area contributed by atoms with Crippen molar-refractivity contribution in [2.75, 3.05) is 0 Å². The lowest BCUT2D eigenvalue weighted by atomic mass is 9.75. The third kappa shape index (κ3) is 2.19. The van der Waals surface area contributed by atoms with Crippen LogP contribution < -0.4 is 0 Å². The molecular formula is C35H23NOS. The molecule has 1 unspecified atom stereocenters. The molecule has 1 saturated heterocycles. The molecule has 0 saturated carbocycles. The Morgan fingerprint density at radius 3 is 1.53 bits per heavy atom. The topological polar surface area (TPSA) is 21.6 Å². The lowest BCUT2D eigenvalue weighted by Crippen LogP contribution is -2.43. The third-order valence-corrected chi connectivity index (χ3v) is 10.6. The summed E-state index contributed by atoms with van der Waals surface area (Å²) in [6, 6.07) is 43.9. The second-order valence-corrected chi connectivity index (χ2v) is 12.1. The number of benzene rings is 5. The molecule has 1 atom stereocenters. The van der Waals surface area contributed by atoms with Gasteiger partial charge in [0.25, 0.3) is 0 Å². The SMILES string of the molecule is Cc1ccc(C2=NC3(SC34c3ccccc3-c3ccccc34)C3(O2)c2ccccc2-c2ccccc23)cc1. The molecule has 0 bridgehead atoms. The van der Waals surface area contributed by atoms with Gasteiger partial charge < -0.3 is 4.74 Å². The highest BCUT2D eigenvalue weighted by molar-refractivity contribution is 8.09. The van der Waals surface area contributed by atoms with Crippen LogP contribution in [0.25, 0.3) is 22.3 Å². The Kier molecular flexibility index (Phi) is 3.78. The minimum atomic E-state index is -0.740. The van der Waals surface area contributed by atoms with E-state index in [0.29, 0.717) is 0 Å². The van der Waals surface area contributed by atoms with Crippen molar-refractivity contribution in [2.45, 2.75) is 22.1 Å². The molecule has 3 spiro atoms. The second kappa shape index (κ2) is 6.86. The number of thioether (sulfide) groups is 1. The number of aryl methyl sites for hydroxylation is 1. The van der Waals surface area contributed by atoms with Gasteiger partial charge in [0.2, 0.25) is 5.90 Å². The zero-order valence-corrected chi connectivity index (χ0v) is 21.6. The Labute approximate surface area is 226 Å². The Morgan fingerprint density at radius 2 is 1.00 bits per heavy atom. The van der Waals surface area contributed by atoms with Crippen LogP contribution in [0.3, 0.4) is 0 Å². The van der Waals surface area contributed by atoms with Crippen LogP contribution in [0.2, 0.25) is 0 Å². The fourth-order valence-electron chi connectivity index (χ4n) is 7.24. The second-order valence-electron chi connectivity index (χ2n) is 10.7. The highest BCUT2D eigenvalue weighted by Crippen LogP contribution is 2.86. The fourth-order valence-corrected chi connectivity index (χ4v) is 9.15. The Hall–Kier alpha value is -4.08. The molecule has 4 aliphatic rings. The average molecular weight is 506 g/mol. The van der Waals surface area contributed by atoms with Crippen LogP contribution in [0.15, 0.2) is 126 Å². The average Bonchev–Trinajstić information content (AvgIpc) is 3.23. The van der Waals surface area contributed by atoms with Gasteiger partial charge in [-0.25, -0.2) is 4.99 Å². The monoisotopic (exact) mass is 505 g/mol. The van der Waals surface area contributed by atoms with Crippen LogP contribution in [0.5, 0.6) is 0 Å². The summed E-state index contributed by atoms with van der Waals surface area (Å²) in [6.45, 7) is 2.12. The molecule has 0 radical (unpaired) electrons. The summed E-state index contributed by atoms with van der Waals surface area (Å²) < 4.78 is 6.98. The van der Waals surface area contributed by atoms with E-state index in [-0.39, 0.29) is 4.75 Å². The van der Waals surface area contributed by atoms with E-state index in [1.54, 1.807) is 0 Å². The van der Waals surface area contributed by atoms with Crippen LogP contribution in [0.4, 0.5) is 0 Å². The molecule has 1 fully saturated rings. The summed E-state index contributed by atoms with van der Waals surface area (Å²) in [5, 5.41) is 0. The Bertz CT molecular complexity index is 1760. The van der Waals surface area contributed by atoms with E-state index in [4.69, 9.17) is 9.73 Å². The Balaban J connectivity index is 1.40. The van der Waals surface area contributed by atoms with Gasteiger partial charge in [-0.3, -0.25) is 0 Å². The van der Waals surface area contributed by atoms with Gasteiger partial charge in [0, 0.05) is 16.7 Å². The predicted molar refractivity (Wildman–Crippen MR) is 154 cm³/mol. The first-order valence-electron chi connectivity index (χ1n) is 13.1. The summed E-state index contributed by atoms with van der Waals surface area (Å²) in [5.74, 6) is 0.725. The molecule has 38 heavy (non-hydrogen) atoms. The maximum Gasteiger partial charge on any atom is 0.219 e. The molecule has 0 amide bonds. The molecule has 5 aromatic carbocycles. The number of ether oxygens (including phenoxy) is 1. The number of nitrogens with zero attached hydrogens (tertiary/aromatic N) is 1. The van der Waals surface area contributed by atoms with E-state index in [1.165, 1.54) is 50.1 Å². The molecule has 2 heterocycles. The molecule has 2 nitrogen and oxygen atoms in total. The van der Waals surface area contributed by atoms with E-state index in [1.807, 2.05) is 11.8 Å². The van der Waals surface area contributed by atoms with Crippen molar-refractivity contribution in [3.8, 4) is 22.3 Å². The highest BCUT2D eigenvalue weighted by Gasteiger charge is 2.87. The lowest BCUT2D eigenvalue weighted by molar-refractivity contribution is 0.0946. The summed E-state index contributed by atoms with van der Waals surface area (Å²) in [4.78, 5) is 5.08. The highest BCUT2D eigenvalue weighted by atomic mass is 32.2. The summed E-state index contributed by atoms with van der Waals surface area (Å²) in [5.41, 5.74) is 11.7. The summed E-state index contributed by atoms with van der Waals surface area (Å²) >= 11 is 1.95. The quantitative estimate of drug-likeness (QED) is 0.215. The number of rotatable bonds is 1. The van der Waals surface area contributed by atoms with Crippen LogP contribution in [0.1, 0.15) is 33.4 Å². The standard InChI is InChI=1S/C35H23NOS/c1-22-18-20-23(21-19-22)32-36-35(33(37-32)28-14-6-2-10-24(28)25-11-3-7-15-29(25)33)34(38-35)30-16-8-4-12-26(30)27-13-5-9-17-31(27)34/h2-21H,1H3. The lowest BCUT2D eigenvalue weighted by Gasteiger charge is -2.33. The first-order chi connectivity index (χ1) is 18.7. The van der Waals surface area contributed by atoms with E-state index < -0.39 is 10.5 Å². The number of hydrogen-bond donors (Lipinski definition) is 0. The number of fused-ring (bicyclic) bond motifs is 12. The van der Waals surface area contributed by atoms with Crippen molar-refractivity contribution >= 4 is 17.7 Å². The molecular weight excluding hydrogens is 482 g/mol. The van der Waals surface area contributed by atoms with Gasteiger partial charge in [-0.1, -0.05) is 115 Å². The molecule has 5 aromatic rings. The fraction of sp³-hybridized carbons (Fsp3) is 0.114. The molecule has 0 N–H and O–H groups in total. The van der Waals surface area contributed by atoms with Crippen LogP contribution >= 0.6 is 11.8 Å². The van der Waals surface area contributed by atoms with Gasteiger partial charge in [0.1, 0.15) is 4.75 Å². The van der Waals surface area contributed by atoms with Crippen molar-refractivity contribution in [3.63, 3.8) is 0 Å². The van der Waals surface area contributed by atoms with Gasteiger partial charge in [0.15, 0.2) is 10.5 Å². The van der Waals surface area contributed by atoms with E-state index in [0.717, 1.165) is 11.5 Å². The largest absolute Gasteiger partial charge is 0.457 e. The van der Waals surface area contributed by atoms with Gasteiger partial charge >= 0.3 is 0 Å². The van der Waals surface area contributed by atoms with Crippen molar-refractivity contribution in [3.05, 3.63) is 155 Å². The smallest absolute Gasteiger partial charge is 0.219 e. The Morgan fingerprint density at radius 1 is 0.553 bits per heavy atom. The molecule has 0 aromatic heterocycles. The van der Waals surface area contributed by atoms with Gasteiger partial charge in [0.05, 0.1) is 0 Å². The zero-order valence-electron chi connectivity index (χ0n) is 20.8. The number of aliphatic imine (C=N–C) groups is 1. The molecule has 180 valence electrons. The van der Waals surface area contributed by atoms with Crippen molar-refractivity contribution in [1.29, 1.82) is 0 Å². The van der Waals surface area contributed by atoms with Gasteiger partial charge in [-0.15, -0.1) is 11.8 Å². The van der Waals surface area contributed by atoms with Crippen LogP contribution in [0, 0.1) is 6.92 Å². The predicted octanol–water partition coefficient (Wildman–Crippen LogP) is 8.06. The van der Waals surface area contributed by atoms with Gasteiger partial charge in [-0.05, 0) is 52.4 Å². The van der Waals surface area contributed by atoms with E-state index in [9.17, 15) is 0 Å². The van der Waals surface area contributed by atoms with Crippen molar-refractivity contribution in [2.24, 2.45) is 4.99 Å². The van der Waals surface area contributed by atoms with Gasteiger partial charge in [-0.2, -0.15) is 0 Å². The molecule has 9 rings (SSSR count). The molecule has 2 aliphatic heterocycles. The molecule has 2 aliphatic carbocycles. The van der Waals surface area contributed by atoms with Crippen LogP contribution in [-0.2, 0) is 15.1 Å². The molecule has 3 heteroatoms. The van der Waals surface area contributed by atoms with Crippen molar-refractivity contribution in [1.82, 2.24) is 0 Å². The first-order valence-corrected chi connectivity index (χ1v) is 14.0. The normalized spacial score (nSPS) is 21.6. The minimum absolute atomic E-state index is 0.336. The maximum absolute atomic E-state index is 7.31. The summed E-state index contributed by atoms with van der Waals surface area (Å²) in [6.07, 6.45) is 0. The van der Waals surface area contributed by atoms with E-state index in [2.05, 4.69) is 128 Å². The zero-order chi connectivity index (χ0) is 25.1. The third-order valence-electron chi connectivity index (χ3n) is 8.83. The number of hydrogen-bond acceptors (Lipinski definition) is 3. The maximum atomic E-state index is 7.31. The van der Waals surface area contributed by atoms with Crippen LogP contribution in [-0.4, -0.2) is 10.8 Å². The van der Waals surface area contributed by atoms with E-state index >= 15 is 0 Å². The summed E-state index contributed by atoms with van der Waals surface area (Å²) in [7, 11) is 0. The first kappa shape index (κ1) is 20.9. The van der Waals surface area contributed by atoms with Crippen molar-refractivity contribution < 1.29 is 4.74 Å². The minimum Gasteiger partial charge on any atom is -0.457 e.